The van der Waals surface area contributed by atoms with E-state index < -0.39 is 0 Å². The quantitative estimate of drug-likeness (QED) is 0.643. The maximum atomic E-state index is 3.72. The van der Waals surface area contributed by atoms with Gasteiger partial charge in [-0.3, -0.25) is 0 Å². The van der Waals surface area contributed by atoms with Crippen molar-refractivity contribution in [3.8, 4) is 0 Å². The fourth-order valence-electron chi connectivity index (χ4n) is 5.04. The monoisotopic (exact) mass is 346 g/mol. The van der Waals surface area contributed by atoms with Gasteiger partial charge in [0.25, 0.3) is 0 Å². The van der Waals surface area contributed by atoms with Gasteiger partial charge >= 0.3 is 0 Å². The summed E-state index contributed by atoms with van der Waals surface area (Å²) >= 11 is 0. The van der Waals surface area contributed by atoms with Gasteiger partial charge in [0.15, 0.2) is 0 Å². The van der Waals surface area contributed by atoms with Crippen molar-refractivity contribution in [2.24, 2.45) is 0 Å². The maximum Gasteiger partial charge on any atom is 0.0505 e. The molecule has 0 amide bonds. The summed E-state index contributed by atoms with van der Waals surface area (Å²) in [5.74, 6) is 0. The fraction of sp³-hybridized carbons (Fsp3) is 0.417. The van der Waals surface area contributed by atoms with E-state index in [0.29, 0.717) is 0 Å². The number of allylic oxidation sites excluding steroid dienone is 1. The molecule has 2 heterocycles. The van der Waals surface area contributed by atoms with E-state index in [9.17, 15) is 0 Å². The lowest BCUT2D eigenvalue weighted by Gasteiger charge is -2.46. The van der Waals surface area contributed by atoms with E-state index in [0.717, 1.165) is 6.42 Å². The second-order valence-corrected chi connectivity index (χ2v) is 9.50. The van der Waals surface area contributed by atoms with Gasteiger partial charge in [0, 0.05) is 27.9 Å². The van der Waals surface area contributed by atoms with Gasteiger partial charge in [0.05, 0.1) is 5.54 Å². The van der Waals surface area contributed by atoms with Crippen LogP contribution in [0.1, 0.15) is 64.7 Å². The van der Waals surface area contributed by atoms with Gasteiger partial charge in [-0.05, 0) is 75.9 Å². The summed E-state index contributed by atoms with van der Waals surface area (Å²) in [5.41, 5.74) is 8.04. The van der Waals surface area contributed by atoms with Crippen molar-refractivity contribution in [3.63, 3.8) is 0 Å². The van der Waals surface area contributed by atoms with Gasteiger partial charge < -0.3 is 10.6 Å². The molecule has 0 aliphatic carbocycles. The van der Waals surface area contributed by atoms with Crippen molar-refractivity contribution in [3.05, 3.63) is 65.2 Å². The Morgan fingerprint density at radius 3 is 2.35 bits per heavy atom. The smallest absolute Gasteiger partial charge is 0.0505 e. The second kappa shape index (κ2) is 5.39. The van der Waals surface area contributed by atoms with Crippen molar-refractivity contribution in [1.82, 2.24) is 0 Å². The van der Waals surface area contributed by atoms with Gasteiger partial charge in [-0.25, -0.2) is 0 Å². The highest BCUT2D eigenvalue weighted by Gasteiger charge is 2.41. The molecule has 136 valence electrons. The Kier molecular flexibility index (Phi) is 3.57. The maximum absolute atomic E-state index is 3.72. The third-order valence-electron chi connectivity index (χ3n) is 5.91. The van der Waals surface area contributed by atoms with E-state index in [1.165, 1.54) is 33.6 Å². The van der Waals surface area contributed by atoms with E-state index in [2.05, 4.69) is 101 Å². The molecule has 0 saturated heterocycles. The Balaban J connectivity index is 1.87. The zero-order valence-corrected chi connectivity index (χ0v) is 16.8. The van der Waals surface area contributed by atoms with E-state index in [4.69, 9.17) is 0 Å². The second-order valence-electron chi connectivity index (χ2n) is 9.50. The summed E-state index contributed by atoms with van der Waals surface area (Å²) in [7, 11) is 0. The lowest BCUT2D eigenvalue weighted by molar-refractivity contribution is 0.378. The molecule has 2 heteroatoms. The number of hydrogen-bond donors (Lipinski definition) is 2. The molecule has 0 aromatic heterocycles. The largest absolute Gasteiger partial charge is 0.380 e. The molecule has 2 N–H and O–H groups in total. The molecule has 0 fully saturated rings. The van der Waals surface area contributed by atoms with Crippen LogP contribution in [0.3, 0.4) is 0 Å². The SMILES string of the molecule is CC1=CC(C)(C)Nc2ccc([C@]3(C)CC(C)(C)Nc4ccccc43)cc21. The standard InChI is InChI=1S/C24H30N2/c1-16-14-22(2,3)25-20-12-11-17(13-18(16)20)24(6)15-23(4,5)26-21-10-8-7-9-19(21)24/h7-14,25-26H,15H2,1-6H3/t24-/m0/s1. The average molecular weight is 347 g/mol. The van der Waals surface area contributed by atoms with E-state index in [1.807, 2.05) is 0 Å². The van der Waals surface area contributed by atoms with Gasteiger partial charge in [0.1, 0.15) is 0 Å². The molecular weight excluding hydrogens is 316 g/mol. The molecule has 0 radical (unpaired) electrons. The first kappa shape index (κ1) is 17.2. The Morgan fingerprint density at radius 2 is 1.58 bits per heavy atom. The molecule has 0 saturated carbocycles. The lowest BCUT2D eigenvalue weighted by Crippen LogP contribution is -2.45. The highest BCUT2D eigenvalue weighted by molar-refractivity contribution is 5.81. The molecule has 2 nitrogen and oxygen atoms in total. The minimum atomic E-state index is -0.00633. The molecular formula is C24H30N2. The molecule has 0 unspecified atom stereocenters. The van der Waals surface area contributed by atoms with Crippen molar-refractivity contribution in [1.29, 1.82) is 0 Å². The van der Waals surface area contributed by atoms with Crippen molar-refractivity contribution < 1.29 is 0 Å². The van der Waals surface area contributed by atoms with Crippen LogP contribution in [-0.4, -0.2) is 11.1 Å². The van der Waals surface area contributed by atoms with E-state index in [1.54, 1.807) is 0 Å². The highest BCUT2D eigenvalue weighted by atomic mass is 15.0. The van der Waals surface area contributed by atoms with E-state index >= 15 is 0 Å². The molecule has 4 rings (SSSR count). The van der Waals surface area contributed by atoms with Crippen LogP contribution in [-0.2, 0) is 5.41 Å². The number of hydrogen-bond acceptors (Lipinski definition) is 2. The third-order valence-corrected chi connectivity index (χ3v) is 5.91. The molecule has 2 aliphatic rings. The summed E-state index contributed by atoms with van der Waals surface area (Å²) in [6.45, 7) is 13.7. The number of fused-ring (bicyclic) bond motifs is 2. The number of nitrogens with one attached hydrogen (secondary N) is 2. The summed E-state index contributed by atoms with van der Waals surface area (Å²) in [6, 6.07) is 15.8. The van der Waals surface area contributed by atoms with Gasteiger partial charge in [-0.2, -0.15) is 0 Å². The first-order valence-corrected chi connectivity index (χ1v) is 9.60. The molecule has 2 aliphatic heterocycles. The van der Waals surface area contributed by atoms with Crippen LogP contribution in [0.25, 0.3) is 5.57 Å². The first-order valence-electron chi connectivity index (χ1n) is 9.60. The Bertz CT molecular complexity index is 904. The minimum Gasteiger partial charge on any atom is -0.380 e. The molecule has 0 bridgehead atoms. The van der Waals surface area contributed by atoms with Crippen LogP contribution >= 0.6 is 0 Å². The number of para-hydroxylation sites is 1. The zero-order chi connectivity index (χ0) is 18.7. The van der Waals surface area contributed by atoms with Crippen LogP contribution in [0, 0.1) is 0 Å². The first-order chi connectivity index (χ1) is 12.1. The van der Waals surface area contributed by atoms with Crippen molar-refractivity contribution in [2.75, 3.05) is 10.6 Å². The van der Waals surface area contributed by atoms with Crippen LogP contribution in [0.15, 0.2) is 48.5 Å². The van der Waals surface area contributed by atoms with Crippen LogP contribution in [0.4, 0.5) is 11.4 Å². The molecule has 1 atom stereocenters. The van der Waals surface area contributed by atoms with Gasteiger partial charge in [0.2, 0.25) is 0 Å². The summed E-state index contributed by atoms with van der Waals surface area (Å²) in [4.78, 5) is 0. The molecule has 2 aromatic carbocycles. The predicted octanol–water partition coefficient (Wildman–Crippen LogP) is 6.19. The average Bonchev–Trinajstić information content (AvgIpc) is 2.52. The summed E-state index contributed by atoms with van der Waals surface area (Å²) in [5, 5.41) is 7.38. The predicted molar refractivity (Wildman–Crippen MR) is 113 cm³/mol. The Hall–Kier alpha value is -2.22. The zero-order valence-electron chi connectivity index (χ0n) is 16.8. The third kappa shape index (κ3) is 2.72. The molecule has 0 spiro atoms. The van der Waals surface area contributed by atoms with Crippen molar-refractivity contribution >= 4 is 16.9 Å². The normalized spacial score (nSPS) is 25.2. The number of benzene rings is 2. The Morgan fingerprint density at radius 1 is 0.846 bits per heavy atom. The molecule has 26 heavy (non-hydrogen) atoms. The van der Waals surface area contributed by atoms with Crippen LogP contribution in [0.2, 0.25) is 0 Å². The summed E-state index contributed by atoms with van der Waals surface area (Å²) in [6.07, 6.45) is 3.40. The fourth-order valence-corrected chi connectivity index (χ4v) is 5.04. The van der Waals surface area contributed by atoms with Gasteiger partial charge in [-0.1, -0.05) is 37.3 Å². The number of rotatable bonds is 1. The molecule has 2 aromatic rings. The van der Waals surface area contributed by atoms with Crippen LogP contribution < -0.4 is 10.6 Å². The highest BCUT2D eigenvalue weighted by Crippen LogP contribution is 2.48. The van der Waals surface area contributed by atoms with Crippen LogP contribution in [0.5, 0.6) is 0 Å². The van der Waals surface area contributed by atoms with Crippen molar-refractivity contribution in [2.45, 2.75) is 64.5 Å². The number of anilines is 2. The minimum absolute atomic E-state index is 0.00580. The Labute approximate surface area is 157 Å². The summed E-state index contributed by atoms with van der Waals surface area (Å²) < 4.78 is 0. The lowest BCUT2D eigenvalue weighted by atomic mass is 9.65. The van der Waals surface area contributed by atoms with Gasteiger partial charge in [-0.15, -0.1) is 0 Å². The topological polar surface area (TPSA) is 24.1 Å². The van der Waals surface area contributed by atoms with E-state index in [-0.39, 0.29) is 16.5 Å².